The van der Waals surface area contributed by atoms with Crippen molar-refractivity contribution in [3.63, 3.8) is 0 Å². The van der Waals surface area contributed by atoms with Crippen LogP contribution in [-0.4, -0.2) is 17.9 Å². The summed E-state index contributed by atoms with van der Waals surface area (Å²) in [5.74, 6) is -0.711. The van der Waals surface area contributed by atoms with E-state index in [1.165, 1.54) is 0 Å². The zero-order valence-corrected chi connectivity index (χ0v) is 46.0. The number of anilines is 9. The van der Waals surface area contributed by atoms with Crippen LogP contribution in [0.15, 0.2) is 328 Å². The first kappa shape index (κ1) is 54.1. The molecular formula is C76H55N3O6. The molecule has 12 rings (SSSR count). The van der Waals surface area contributed by atoms with Gasteiger partial charge in [-0.1, -0.05) is 146 Å². The van der Waals surface area contributed by atoms with Crippen LogP contribution >= 0.6 is 0 Å². The van der Waals surface area contributed by atoms with E-state index in [1.54, 1.807) is 72.8 Å². The van der Waals surface area contributed by atoms with Crippen LogP contribution in [0.3, 0.4) is 0 Å². The predicted octanol–water partition coefficient (Wildman–Crippen LogP) is 18.9. The van der Waals surface area contributed by atoms with E-state index >= 15 is 0 Å². The fraction of sp³-hybridized carbons (Fsp3) is 0.0132. The van der Waals surface area contributed by atoms with Crippen LogP contribution in [0.2, 0.25) is 0 Å². The van der Waals surface area contributed by atoms with Crippen LogP contribution in [0, 0.1) is 0 Å². The van der Waals surface area contributed by atoms with E-state index in [2.05, 4.69) is 14.7 Å². The molecule has 0 saturated heterocycles. The van der Waals surface area contributed by atoms with E-state index in [0.717, 1.165) is 67.9 Å². The summed E-state index contributed by atoms with van der Waals surface area (Å²) in [6, 6.07) is 105. The Balaban J connectivity index is 0.774. The molecular weight excluding hydrogens is 1050 g/mol. The van der Waals surface area contributed by atoms with Crippen LogP contribution in [0.5, 0.6) is 17.2 Å². The number of ether oxygens (including phenoxy) is 3. The molecule has 0 N–H and O–H groups in total. The number of rotatable bonds is 18. The molecule has 0 bridgehead atoms. The van der Waals surface area contributed by atoms with Gasteiger partial charge in [0.15, 0.2) is 0 Å². The molecule has 410 valence electrons. The minimum absolute atomic E-state index is 0.349. The van der Waals surface area contributed by atoms with Gasteiger partial charge in [-0.3, -0.25) is 0 Å². The highest BCUT2D eigenvalue weighted by Crippen LogP contribution is 2.39. The van der Waals surface area contributed by atoms with Crippen LogP contribution in [-0.2, 0) is 0 Å². The van der Waals surface area contributed by atoms with E-state index in [4.69, 9.17) is 14.2 Å². The lowest BCUT2D eigenvalue weighted by molar-refractivity contribution is 0.0725. The average Bonchev–Trinajstić information content (AvgIpc) is 3.72. The molecule has 0 heterocycles. The first-order valence-electron chi connectivity index (χ1n) is 27.9. The van der Waals surface area contributed by atoms with Crippen molar-refractivity contribution in [3.05, 3.63) is 361 Å². The largest absolute Gasteiger partial charge is 0.423 e. The van der Waals surface area contributed by atoms with E-state index in [-0.39, 0.29) is 5.92 Å². The van der Waals surface area contributed by atoms with Crippen LogP contribution in [0.1, 0.15) is 53.7 Å². The Morgan fingerprint density at radius 1 is 0.212 bits per heavy atom. The van der Waals surface area contributed by atoms with Gasteiger partial charge in [0.1, 0.15) is 17.2 Å². The van der Waals surface area contributed by atoms with Crippen LogP contribution in [0.25, 0.3) is 0 Å². The number of hydrogen-bond acceptors (Lipinski definition) is 9. The topological polar surface area (TPSA) is 88.6 Å². The van der Waals surface area contributed by atoms with Crippen molar-refractivity contribution in [2.75, 3.05) is 14.7 Å². The van der Waals surface area contributed by atoms with Crippen molar-refractivity contribution >= 4 is 69.1 Å². The highest BCUT2D eigenvalue weighted by molar-refractivity contribution is 5.94. The summed E-state index contributed by atoms with van der Waals surface area (Å²) in [7, 11) is 0. The lowest BCUT2D eigenvalue weighted by Gasteiger charge is -2.25. The zero-order valence-electron chi connectivity index (χ0n) is 46.0. The smallest absolute Gasteiger partial charge is 0.343 e. The van der Waals surface area contributed by atoms with Gasteiger partial charge in [0.25, 0.3) is 0 Å². The van der Waals surface area contributed by atoms with E-state index in [0.29, 0.717) is 33.9 Å². The first-order chi connectivity index (χ1) is 41.9. The van der Waals surface area contributed by atoms with Gasteiger partial charge in [0, 0.05) is 57.1 Å². The molecule has 0 atom stereocenters. The molecule has 0 fully saturated rings. The van der Waals surface area contributed by atoms with Crippen LogP contribution < -0.4 is 28.9 Å². The highest BCUT2D eigenvalue weighted by Gasteiger charge is 2.22. The standard InChI is InChI=1S/C76H55N3O6/c80-74(58-31-43-67(44-32-58)77(61-19-7-1-8-20-61)62-21-9-2-10-22-62)83-70-49-37-55(38-50-70)73(56-39-51-71(52-40-56)84-75(81)59-33-45-68(46-34-59)78(63-23-11-3-12-24-63)64-25-13-4-14-26-64)57-41-53-72(54-42-57)85-76(82)60-35-47-69(48-36-60)79(65-27-15-5-16-28-65)66-29-17-6-18-30-66/h1-54,73H. The Morgan fingerprint density at radius 3 is 0.576 bits per heavy atom. The maximum absolute atomic E-state index is 13.7. The fourth-order valence-corrected chi connectivity index (χ4v) is 10.3. The fourth-order valence-electron chi connectivity index (χ4n) is 10.3. The Morgan fingerprint density at radius 2 is 0.388 bits per heavy atom. The van der Waals surface area contributed by atoms with Crippen molar-refractivity contribution in [3.8, 4) is 17.2 Å². The number of para-hydroxylation sites is 6. The van der Waals surface area contributed by atoms with Crippen molar-refractivity contribution in [2.24, 2.45) is 0 Å². The number of esters is 3. The molecule has 0 aliphatic heterocycles. The second kappa shape index (κ2) is 25.5. The summed E-state index contributed by atoms with van der Waals surface area (Å²) >= 11 is 0. The molecule has 0 unspecified atom stereocenters. The monoisotopic (exact) mass is 1110 g/mol. The maximum Gasteiger partial charge on any atom is 0.343 e. The van der Waals surface area contributed by atoms with Gasteiger partial charge in [-0.15, -0.1) is 0 Å². The summed E-state index contributed by atoms with van der Waals surface area (Å²) in [6.45, 7) is 0. The summed E-state index contributed by atoms with van der Waals surface area (Å²) in [5.41, 5.74) is 12.5. The number of carbonyl (C=O) groups is 3. The molecule has 12 aromatic carbocycles. The number of nitrogens with zero attached hydrogens (tertiary/aromatic N) is 3. The Kier molecular flexibility index (Phi) is 16.2. The van der Waals surface area contributed by atoms with Gasteiger partial charge in [-0.25, -0.2) is 14.4 Å². The Hall–Kier alpha value is -11.6. The van der Waals surface area contributed by atoms with Crippen molar-refractivity contribution < 1.29 is 28.6 Å². The molecule has 0 aromatic heterocycles. The second-order valence-electron chi connectivity index (χ2n) is 20.0. The lowest BCUT2D eigenvalue weighted by atomic mass is 9.85. The van der Waals surface area contributed by atoms with Gasteiger partial charge < -0.3 is 28.9 Å². The molecule has 0 aliphatic rings. The van der Waals surface area contributed by atoms with Gasteiger partial charge in [0.2, 0.25) is 0 Å². The molecule has 9 nitrogen and oxygen atoms in total. The number of hydrogen-bond donors (Lipinski definition) is 0. The van der Waals surface area contributed by atoms with Crippen molar-refractivity contribution in [2.45, 2.75) is 5.92 Å². The maximum atomic E-state index is 13.7. The lowest BCUT2D eigenvalue weighted by Crippen LogP contribution is -2.12. The van der Waals surface area contributed by atoms with E-state index in [9.17, 15) is 14.4 Å². The third kappa shape index (κ3) is 12.7. The molecule has 0 saturated carbocycles. The zero-order chi connectivity index (χ0) is 57.7. The van der Waals surface area contributed by atoms with Crippen molar-refractivity contribution in [1.82, 2.24) is 0 Å². The van der Waals surface area contributed by atoms with E-state index in [1.807, 2.05) is 255 Å². The third-order valence-electron chi connectivity index (χ3n) is 14.4. The molecule has 9 heteroatoms. The van der Waals surface area contributed by atoms with Gasteiger partial charge in [-0.2, -0.15) is 0 Å². The molecule has 0 amide bonds. The van der Waals surface area contributed by atoms with Crippen LogP contribution in [0.4, 0.5) is 51.2 Å². The summed E-state index contributed by atoms with van der Waals surface area (Å²) in [5, 5.41) is 0. The third-order valence-corrected chi connectivity index (χ3v) is 14.4. The van der Waals surface area contributed by atoms with E-state index < -0.39 is 17.9 Å². The Labute approximate surface area is 494 Å². The van der Waals surface area contributed by atoms with Gasteiger partial charge in [-0.05, 0) is 199 Å². The highest BCUT2D eigenvalue weighted by atomic mass is 16.5. The molecule has 0 aliphatic carbocycles. The average molecular weight is 1110 g/mol. The second-order valence-corrected chi connectivity index (χ2v) is 20.0. The summed E-state index contributed by atoms with van der Waals surface area (Å²) in [6.07, 6.45) is 0. The Bertz CT molecular complexity index is 3590. The molecule has 0 spiro atoms. The minimum atomic E-state index is -0.494. The number of carbonyl (C=O) groups excluding carboxylic acids is 3. The predicted molar refractivity (Wildman–Crippen MR) is 339 cm³/mol. The minimum Gasteiger partial charge on any atom is -0.423 e. The normalized spacial score (nSPS) is 10.8. The quantitative estimate of drug-likeness (QED) is 0.0473. The molecule has 12 aromatic rings. The number of benzene rings is 12. The first-order valence-corrected chi connectivity index (χ1v) is 27.9. The summed E-state index contributed by atoms with van der Waals surface area (Å²) < 4.78 is 17.9. The van der Waals surface area contributed by atoms with Gasteiger partial charge in [0.05, 0.1) is 16.7 Å². The molecule has 0 radical (unpaired) electrons. The van der Waals surface area contributed by atoms with Gasteiger partial charge >= 0.3 is 17.9 Å². The van der Waals surface area contributed by atoms with Crippen molar-refractivity contribution in [1.29, 1.82) is 0 Å². The summed E-state index contributed by atoms with van der Waals surface area (Å²) in [4.78, 5) is 47.4. The molecule has 85 heavy (non-hydrogen) atoms. The SMILES string of the molecule is O=C(Oc1ccc(C(c2ccc(OC(=O)c3ccc(N(c4ccccc4)c4ccccc4)cc3)cc2)c2ccc(OC(=O)c3ccc(N(c4ccccc4)c4ccccc4)cc3)cc2)cc1)c1ccc(N(c2ccccc2)c2ccccc2)cc1.